The van der Waals surface area contributed by atoms with E-state index >= 15 is 0 Å². The summed E-state index contributed by atoms with van der Waals surface area (Å²) >= 11 is 0. The quantitative estimate of drug-likeness (QED) is 0.278. The maximum Gasteiger partial charge on any atom is 0.264 e. The summed E-state index contributed by atoms with van der Waals surface area (Å²) in [5.41, 5.74) is 2.19. The molecule has 3 aromatic carbocycles. The minimum Gasteiger partial charge on any atom is -0.497 e. The highest BCUT2D eigenvalue weighted by atomic mass is 32.2. The molecule has 0 radical (unpaired) electrons. The van der Waals surface area contributed by atoms with Crippen LogP contribution in [0.2, 0.25) is 0 Å². The molecule has 41 heavy (non-hydrogen) atoms. The lowest BCUT2D eigenvalue weighted by atomic mass is 10.0. The van der Waals surface area contributed by atoms with E-state index in [9.17, 15) is 18.0 Å². The van der Waals surface area contributed by atoms with Gasteiger partial charge in [0.15, 0.2) is 0 Å². The van der Waals surface area contributed by atoms with Crippen LogP contribution in [0.15, 0.2) is 83.8 Å². The van der Waals surface area contributed by atoms with Crippen LogP contribution < -0.4 is 14.4 Å². The van der Waals surface area contributed by atoms with Gasteiger partial charge in [0.05, 0.1) is 17.7 Å². The molecule has 0 spiro atoms. The third kappa shape index (κ3) is 8.10. The number of hydrogen-bond acceptors (Lipinski definition) is 5. The molecule has 0 fully saturated rings. The summed E-state index contributed by atoms with van der Waals surface area (Å²) in [7, 11) is -2.54. The van der Waals surface area contributed by atoms with Crippen LogP contribution in [0.4, 0.5) is 5.69 Å². The summed E-state index contributed by atoms with van der Waals surface area (Å²) in [6, 6.07) is 21.7. The molecule has 0 heterocycles. The zero-order valence-corrected chi connectivity index (χ0v) is 25.4. The Morgan fingerprint density at radius 3 is 2.20 bits per heavy atom. The molecule has 8 nitrogen and oxygen atoms in total. The Kier molecular flexibility index (Phi) is 11.3. The van der Waals surface area contributed by atoms with Crippen LogP contribution in [-0.4, -0.2) is 51.4 Å². The van der Waals surface area contributed by atoms with Gasteiger partial charge in [0.1, 0.15) is 18.3 Å². The minimum absolute atomic E-state index is 0.0767. The van der Waals surface area contributed by atoms with Crippen molar-refractivity contribution in [2.24, 2.45) is 0 Å². The standard InChI is InChI=1S/C32H41N3O5S/c1-6-20-33-32(37)30(7-2)34(22-25-12-11-13-28(21-25)40-5)31(36)23-35(27-18-16-26(17-19-27)24(3)4)41(38,39)29-14-9-8-10-15-29/h8-19,21,24,30H,6-7,20,22-23H2,1-5H3,(H,33,37)/t30-/m0/s1. The first-order valence-electron chi connectivity index (χ1n) is 14.0. The fourth-order valence-electron chi connectivity index (χ4n) is 4.53. The molecule has 0 aliphatic heterocycles. The zero-order valence-electron chi connectivity index (χ0n) is 24.5. The Bertz CT molecular complexity index is 1390. The van der Waals surface area contributed by atoms with Gasteiger partial charge in [-0.05, 0) is 66.3 Å². The van der Waals surface area contributed by atoms with Gasteiger partial charge in [-0.1, -0.05) is 70.2 Å². The van der Waals surface area contributed by atoms with E-state index in [0.717, 1.165) is 21.9 Å². The second-order valence-corrected chi connectivity index (χ2v) is 12.0. The molecule has 0 unspecified atom stereocenters. The number of benzene rings is 3. The topological polar surface area (TPSA) is 96.0 Å². The number of carbonyl (C=O) groups excluding carboxylic acids is 2. The lowest BCUT2D eigenvalue weighted by Gasteiger charge is -2.33. The largest absolute Gasteiger partial charge is 0.497 e. The van der Waals surface area contributed by atoms with Gasteiger partial charge in [-0.25, -0.2) is 8.42 Å². The van der Waals surface area contributed by atoms with Crippen LogP contribution in [0.5, 0.6) is 5.75 Å². The fourth-order valence-corrected chi connectivity index (χ4v) is 5.96. The molecule has 3 aromatic rings. The summed E-state index contributed by atoms with van der Waals surface area (Å²) in [5, 5.41) is 2.90. The molecule has 3 rings (SSSR count). The van der Waals surface area contributed by atoms with Crippen molar-refractivity contribution in [1.29, 1.82) is 0 Å². The molecule has 0 saturated carbocycles. The lowest BCUT2D eigenvalue weighted by Crippen LogP contribution is -2.52. The van der Waals surface area contributed by atoms with Gasteiger partial charge in [0, 0.05) is 13.1 Å². The number of carbonyl (C=O) groups is 2. The summed E-state index contributed by atoms with van der Waals surface area (Å²) in [5.74, 6) is 0.121. The molecule has 9 heteroatoms. The van der Waals surface area contributed by atoms with Gasteiger partial charge < -0.3 is 15.0 Å². The van der Waals surface area contributed by atoms with E-state index in [1.165, 1.54) is 17.0 Å². The van der Waals surface area contributed by atoms with Crippen molar-refractivity contribution in [1.82, 2.24) is 10.2 Å². The first kappa shape index (κ1) is 31.7. The highest BCUT2D eigenvalue weighted by molar-refractivity contribution is 7.92. The van der Waals surface area contributed by atoms with Crippen molar-refractivity contribution in [3.05, 3.63) is 90.0 Å². The lowest BCUT2D eigenvalue weighted by molar-refractivity contribution is -0.140. The Hall–Kier alpha value is -3.85. The van der Waals surface area contributed by atoms with Crippen LogP contribution >= 0.6 is 0 Å². The average Bonchev–Trinajstić information content (AvgIpc) is 2.99. The number of ether oxygens (including phenoxy) is 1. The summed E-state index contributed by atoms with van der Waals surface area (Å²) in [6.45, 7) is 8.03. The number of nitrogens with one attached hydrogen (secondary N) is 1. The predicted molar refractivity (Wildman–Crippen MR) is 162 cm³/mol. The van der Waals surface area contributed by atoms with Crippen LogP contribution in [0, 0.1) is 0 Å². The monoisotopic (exact) mass is 579 g/mol. The predicted octanol–water partition coefficient (Wildman–Crippen LogP) is 5.35. The molecule has 2 amide bonds. The van der Waals surface area contributed by atoms with E-state index in [1.54, 1.807) is 49.6 Å². The highest BCUT2D eigenvalue weighted by Crippen LogP contribution is 2.27. The highest BCUT2D eigenvalue weighted by Gasteiger charge is 2.33. The summed E-state index contributed by atoms with van der Waals surface area (Å²) in [4.78, 5) is 28.9. The maximum absolute atomic E-state index is 14.1. The first-order valence-corrected chi connectivity index (χ1v) is 15.4. The Morgan fingerprint density at radius 1 is 0.927 bits per heavy atom. The van der Waals surface area contributed by atoms with E-state index in [1.807, 2.05) is 38.1 Å². The van der Waals surface area contributed by atoms with Gasteiger partial charge in [0.25, 0.3) is 10.0 Å². The number of hydrogen-bond donors (Lipinski definition) is 1. The van der Waals surface area contributed by atoms with Gasteiger partial charge in [-0.15, -0.1) is 0 Å². The van der Waals surface area contributed by atoms with Crippen molar-refractivity contribution in [2.45, 2.75) is 63.9 Å². The van der Waals surface area contributed by atoms with E-state index in [-0.39, 0.29) is 23.3 Å². The van der Waals surface area contributed by atoms with Crippen molar-refractivity contribution in [2.75, 3.05) is 24.5 Å². The number of sulfonamides is 1. The van der Waals surface area contributed by atoms with Crippen LogP contribution in [0.1, 0.15) is 57.6 Å². The summed E-state index contributed by atoms with van der Waals surface area (Å²) < 4.78 is 34.3. The van der Waals surface area contributed by atoms with E-state index in [4.69, 9.17) is 4.74 Å². The van der Waals surface area contributed by atoms with Gasteiger partial charge in [-0.2, -0.15) is 0 Å². The molecular weight excluding hydrogens is 538 g/mol. The normalized spacial score (nSPS) is 12.0. The maximum atomic E-state index is 14.1. The minimum atomic E-state index is -4.10. The van der Waals surface area contributed by atoms with Crippen molar-refractivity contribution >= 4 is 27.5 Å². The number of amides is 2. The smallest absolute Gasteiger partial charge is 0.264 e. The Labute approximate surface area is 244 Å². The third-order valence-electron chi connectivity index (χ3n) is 6.88. The fraction of sp³-hybridized carbons (Fsp3) is 0.375. The molecule has 0 aliphatic carbocycles. The molecule has 0 saturated heterocycles. The van der Waals surface area contributed by atoms with Crippen LogP contribution in [0.3, 0.4) is 0 Å². The Balaban J connectivity index is 2.06. The molecule has 1 N–H and O–H groups in total. The van der Waals surface area contributed by atoms with E-state index < -0.39 is 28.5 Å². The van der Waals surface area contributed by atoms with Crippen LogP contribution in [-0.2, 0) is 26.2 Å². The third-order valence-corrected chi connectivity index (χ3v) is 8.67. The van der Waals surface area contributed by atoms with Crippen molar-refractivity contribution in [3.8, 4) is 5.75 Å². The van der Waals surface area contributed by atoms with Crippen LogP contribution in [0.25, 0.3) is 0 Å². The summed E-state index contributed by atoms with van der Waals surface area (Å²) in [6.07, 6.45) is 1.11. The Morgan fingerprint density at radius 2 is 1.61 bits per heavy atom. The van der Waals surface area contributed by atoms with E-state index in [0.29, 0.717) is 24.4 Å². The van der Waals surface area contributed by atoms with Crippen molar-refractivity contribution < 1.29 is 22.7 Å². The number of anilines is 1. The van der Waals surface area contributed by atoms with Gasteiger partial charge in [-0.3, -0.25) is 13.9 Å². The molecule has 0 bridgehead atoms. The van der Waals surface area contributed by atoms with E-state index in [2.05, 4.69) is 19.2 Å². The van der Waals surface area contributed by atoms with Crippen molar-refractivity contribution in [3.63, 3.8) is 0 Å². The molecule has 0 aliphatic rings. The first-order chi connectivity index (χ1) is 19.6. The average molecular weight is 580 g/mol. The number of rotatable bonds is 14. The zero-order chi connectivity index (χ0) is 30.0. The SMILES string of the molecule is CCCNC(=O)[C@H](CC)N(Cc1cccc(OC)c1)C(=O)CN(c1ccc(C(C)C)cc1)S(=O)(=O)c1ccccc1. The molecular formula is C32H41N3O5S. The van der Waals surface area contributed by atoms with Gasteiger partial charge >= 0.3 is 0 Å². The van der Waals surface area contributed by atoms with Gasteiger partial charge in [0.2, 0.25) is 11.8 Å². The molecule has 220 valence electrons. The number of nitrogens with zero attached hydrogens (tertiary/aromatic N) is 2. The molecule has 0 aromatic heterocycles. The number of methoxy groups -OCH3 is 1. The second-order valence-electron chi connectivity index (χ2n) is 10.2. The molecule has 1 atom stereocenters. The second kappa shape index (κ2) is 14.7.